The predicted molar refractivity (Wildman–Crippen MR) is 105 cm³/mol. The molecule has 0 fully saturated rings. The lowest BCUT2D eigenvalue weighted by Crippen LogP contribution is -2.52. The summed E-state index contributed by atoms with van der Waals surface area (Å²) in [5.74, 6) is -0.671. The van der Waals surface area contributed by atoms with Gasteiger partial charge in [-0.25, -0.2) is 4.98 Å². The molecule has 0 aliphatic heterocycles. The van der Waals surface area contributed by atoms with Crippen molar-refractivity contribution in [2.45, 2.75) is 38.9 Å². The average molecular weight is 393 g/mol. The number of aromatic nitrogens is 3. The second kappa shape index (κ2) is 8.64. The number of rotatable bonds is 6. The zero-order chi connectivity index (χ0) is 20.9. The Morgan fingerprint density at radius 2 is 1.83 bits per heavy atom. The predicted octanol–water partition coefficient (Wildman–Crippen LogP) is 2.76. The minimum atomic E-state index is -0.882. The topological polar surface area (TPSA) is 101 Å². The van der Waals surface area contributed by atoms with Crippen molar-refractivity contribution < 1.29 is 14.0 Å². The molecule has 8 nitrogen and oxygen atoms in total. The Hall–Kier alpha value is -3.55. The molecule has 0 aliphatic carbocycles. The first-order valence-corrected chi connectivity index (χ1v) is 9.16. The molecule has 2 amide bonds. The zero-order valence-electron chi connectivity index (χ0n) is 16.6. The molecule has 0 saturated carbocycles. The molecule has 3 aromatic heterocycles. The molecule has 29 heavy (non-hydrogen) atoms. The fraction of sp³-hybridized carbons (Fsp3) is 0.286. The van der Waals surface area contributed by atoms with Gasteiger partial charge in [0.05, 0.1) is 6.20 Å². The van der Waals surface area contributed by atoms with E-state index in [1.165, 1.54) is 17.5 Å². The number of hydrogen-bond donors (Lipinski definition) is 1. The van der Waals surface area contributed by atoms with Crippen LogP contribution in [0, 0.1) is 0 Å². The molecule has 8 heteroatoms. The molecule has 1 N–H and O–H groups in total. The lowest BCUT2D eigenvalue weighted by atomic mass is 9.97. The maximum absolute atomic E-state index is 13.3. The molecule has 3 heterocycles. The van der Waals surface area contributed by atoms with E-state index in [0.29, 0.717) is 12.1 Å². The van der Waals surface area contributed by atoms with Gasteiger partial charge in [0.15, 0.2) is 6.39 Å². The Balaban J connectivity index is 1.96. The van der Waals surface area contributed by atoms with Crippen LogP contribution >= 0.6 is 0 Å². The molecule has 0 spiro atoms. The maximum atomic E-state index is 13.3. The molecule has 0 saturated heterocycles. The van der Waals surface area contributed by atoms with Gasteiger partial charge in [0.1, 0.15) is 6.04 Å². The molecule has 0 aliphatic rings. The van der Waals surface area contributed by atoms with Gasteiger partial charge < -0.3 is 14.6 Å². The number of hydrogen-bond acceptors (Lipinski definition) is 6. The van der Waals surface area contributed by atoms with E-state index in [9.17, 15) is 9.59 Å². The highest BCUT2D eigenvalue weighted by atomic mass is 16.3. The molecule has 0 radical (unpaired) electrons. The van der Waals surface area contributed by atoms with Crippen LogP contribution in [0.3, 0.4) is 0 Å². The number of carbonyl (C=O) groups excluding carboxylic acids is 2. The van der Waals surface area contributed by atoms with E-state index in [2.05, 4.69) is 20.3 Å². The number of nitrogens with zero attached hydrogens (tertiary/aromatic N) is 4. The molecule has 0 bridgehead atoms. The highest BCUT2D eigenvalue weighted by molar-refractivity contribution is 5.96. The van der Waals surface area contributed by atoms with Crippen molar-refractivity contribution in [3.63, 3.8) is 0 Å². The summed E-state index contributed by atoms with van der Waals surface area (Å²) in [5.41, 5.74) is 0.827. The summed E-state index contributed by atoms with van der Waals surface area (Å²) in [6.07, 6.45) is 9.08. The van der Waals surface area contributed by atoms with Gasteiger partial charge in [-0.2, -0.15) is 0 Å². The van der Waals surface area contributed by atoms with Crippen LogP contribution < -0.4 is 5.32 Å². The largest absolute Gasteiger partial charge is 0.438 e. The number of amides is 2. The number of nitrogens with one attached hydrogen (secondary N) is 1. The molecular weight excluding hydrogens is 370 g/mol. The first-order valence-electron chi connectivity index (χ1n) is 9.16. The summed E-state index contributed by atoms with van der Waals surface area (Å²) in [6, 6.07) is 6.24. The van der Waals surface area contributed by atoms with Crippen molar-refractivity contribution in [2.75, 3.05) is 0 Å². The van der Waals surface area contributed by atoms with Crippen LogP contribution in [0.25, 0.3) is 0 Å². The first kappa shape index (κ1) is 20.2. The Bertz CT molecular complexity index is 937. The van der Waals surface area contributed by atoms with Gasteiger partial charge in [0.2, 0.25) is 11.7 Å². The van der Waals surface area contributed by atoms with Crippen LogP contribution in [0.5, 0.6) is 0 Å². The van der Waals surface area contributed by atoms with Crippen molar-refractivity contribution in [1.82, 2.24) is 25.2 Å². The highest BCUT2D eigenvalue weighted by Crippen LogP contribution is 2.30. The van der Waals surface area contributed by atoms with Crippen molar-refractivity contribution in [1.29, 1.82) is 0 Å². The van der Waals surface area contributed by atoms with Crippen LogP contribution in [0.15, 0.2) is 66.1 Å². The molecule has 0 aromatic carbocycles. The fourth-order valence-corrected chi connectivity index (χ4v) is 3.00. The van der Waals surface area contributed by atoms with E-state index in [4.69, 9.17) is 4.42 Å². The quantitative estimate of drug-likeness (QED) is 0.691. The SMILES string of the molecule is CC(C)(C)N(C(=O)c1cnco1)C(C(=O)NCc1cccnc1)c1ccncc1. The molecule has 3 aromatic rings. The van der Waals surface area contributed by atoms with E-state index in [1.807, 2.05) is 26.8 Å². The van der Waals surface area contributed by atoms with Crippen molar-refractivity contribution in [2.24, 2.45) is 0 Å². The van der Waals surface area contributed by atoms with Crippen LogP contribution in [0.1, 0.15) is 48.5 Å². The minimum Gasteiger partial charge on any atom is -0.438 e. The van der Waals surface area contributed by atoms with Gasteiger partial charge in [-0.15, -0.1) is 0 Å². The van der Waals surface area contributed by atoms with E-state index >= 15 is 0 Å². The zero-order valence-corrected chi connectivity index (χ0v) is 16.6. The minimum absolute atomic E-state index is 0.0686. The standard InChI is InChI=1S/C21H23N5O3/c1-21(2,3)26(20(28)17-13-24-14-29-17)18(16-6-9-22-10-7-16)19(27)25-12-15-5-4-8-23-11-15/h4-11,13-14,18H,12H2,1-3H3,(H,25,27). The molecule has 150 valence electrons. The van der Waals surface area contributed by atoms with Gasteiger partial charge in [0.25, 0.3) is 5.91 Å². The Morgan fingerprint density at radius 3 is 2.41 bits per heavy atom. The van der Waals surface area contributed by atoms with E-state index in [-0.39, 0.29) is 11.7 Å². The van der Waals surface area contributed by atoms with E-state index < -0.39 is 17.5 Å². The van der Waals surface area contributed by atoms with Gasteiger partial charge in [0, 0.05) is 36.9 Å². The third kappa shape index (κ3) is 4.84. The second-order valence-corrected chi connectivity index (χ2v) is 7.47. The number of carbonyl (C=O) groups is 2. The lowest BCUT2D eigenvalue weighted by molar-refractivity contribution is -0.127. The number of oxazole rings is 1. The summed E-state index contributed by atoms with van der Waals surface area (Å²) < 4.78 is 5.21. The van der Waals surface area contributed by atoms with Gasteiger partial charge >= 0.3 is 0 Å². The first-order chi connectivity index (χ1) is 13.9. The van der Waals surface area contributed by atoms with Crippen molar-refractivity contribution >= 4 is 11.8 Å². The van der Waals surface area contributed by atoms with E-state index in [0.717, 1.165) is 5.56 Å². The second-order valence-electron chi connectivity index (χ2n) is 7.47. The average Bonchev–Trinajstić information content (AvgIpc) is 3.25. The van der Waals surface area contributed by atoms with Crippen molar-refractivity contribution in [3.8, 4) is 0 Å². The molecular formula is C21H23N5O3. The van der Waals surface area contributed by atoms with Gasteiger partial charge in [-0.3, -0.25) is 19.6 Å². The third-order valence-corrected chi connectivity index (χ3v) is 4.30. The summed E-state index contributed by atoms with van der Waals surface area (Å²) in [4.78, 5) is 39.9. The maximum Gasteiger partial charge on any atom is 0.292 e. The fourth-order valence-electron chi connectivity index (χ4n) is 3.00. The lowest BCUT2D eigenvalue weighted by Gasteiger charge is -2.40. The van der Waals surface area contributed by atoms with Crippen LogP contribution in [0.4, 0.5) is 0 Å². The van der Waals surface area contributed by atoms with Gasteiger partial charge in [-0.1, -0.05) is 6.07 Å². The van der Waals surface area contributed by atoms with Crippen LogP contribution in [-0.4, -0.2) is 37.2 Å². The van der Waals surface area contributed by atoms with Gasteiger partial charge in [-0.05, 0) is 50.1 Å². The highest BCUT2D eigenvalue weighted by Gasteiger charge is 2.39. The summed E-state index contributed by atoms with van der Waals surface area (Å²) >= 11 is 0. The van der Waals surface area contributed by atoms with Crippen molar-refractivity contribution in [3.05, 3.63) is 78.5 Å². The summed E-state index contributed by atoms with van der Waals surface area (Å²) in [7, 11) is 0. The molecule has 1 unspecified atom stereocenters. The number of pyridine rings is 2. The van der Waals surface area contributed by atoms with Crippen LogP contribution in [0.2, 0.25) is 0 Å². The molecule has 1 atom stereocenters. The summed E-state index contributed by atoms with van der Waals surface area (Å²) in [6.45, 7) is 5.89. The third-order valence-electron chi connectivity index (χ3n) is 4.30. The summed E-state index contributed by atoms with van der Waals surface area (Å²) in [5, 5.41) is 2.91. The Kier molecular flexibility index (Phi) is 6.01. The monoisotopic (exact) mass is 393 g/mol. The Morgan fingerprint density at radius 1 is 1.07 bits per heavy atom. The smallest absolute Gasteiger partial charge is 0.292 e. The van der Waals surface area contributed by atoms with Crippen LogP contribution in [-0.2, 0) is 11.3 Å². The van der Waals surface area contributed by atoms with E-state index in [1.54, 1.807) is 43.0 Å². The normalized spacial score (nSPS) is 12.2. The Labute approximate surface area is 169 Å². The molecule has 3 rings (SSSR count).